The number of nitrogens with one attached hydrogen (secondary N) is 2. The molecule has 7 heteroatoms. The lowest BCUT2D eigenvalue weighted by Gasteiger charge is -2.15. The number of carbonyl (C=O) groups excluding carboxylic acids is 2. The van der Waals surface area contributed by atoms with Gasteiger partial charge in [0.05, 0.1) is 11.7 Å². The molecule has 4 rings (SSSR count). The van der Waals surface area contributed by atoms with Crippen LogP contribution in [0.4, 0.5) is 5.69 Å². The molecule has 154 valence electrons. The summed E-state index contributed by atoms with van der Waals surface area (Å²) in [5.74, 6) is -0.380. The maximum Gasteiger partial charge on any atom is 0.255 e. The van der Waals surface area contributed by atoms with Crippen molar-refractivity contribution in [2.24, 2.45) is 0 Å². The molecule has 0 fully saturated rings. The highest BCUT2D eigenvalue weighted by Gasteiger charge is 2.12. The van der Waals surface area contributed by atoms with E-state index in [4.69, 9.17) is 0 Å². The summed E-state index contributed by atoms with van der Waals surface area (Å²) in [5.41, 5.74) is 3.59. The zero-order chi connectivity index (χ0) is 21.6. The van der Waals surface area contributed by atoms with Crippen LogP contribution in [0, 0.1) is 0 Å². The zero-order valence-corrected chi connectivity index (χ0v) is 16.9. The fourth-order valence-electron chi connectivity index (χ4n) is 3.12. The number of nitrogens with zero attached hydrogens (tertiary/aromatic N) is 3. The molecule has 2 amide bonds. The van der Waals surface area contributed by atoms with Gasteiger partial charge < -0.3 is 10.6 Å². The molecule has 3 aromatic carbocycles. The molecule has 0 bridgehead atoms. The van der Waals surface area contributed by atoms with E-state index < -0.39 is 0 Å². The first-order valence-electron chi connectivity index (χ1n) is 9.82. The van der Waals surface area contributed by atoms with Crippen molar-refractivity contribution in [1.29, 1.82) is 0 Å². The van der Waals surface area contributed by atoms with E-state index >= 15 is 0 Å². The molecule has 7 nitrogen and oxygen atoms in total. The van der Waals surface area contributed by atoms with Crippen molar-refractivity contribution >= 4 is 17.5 Å². The van der Waals surface area contributed by atoms with E-state index in [2.05, 4.69) is 20.7 Å². The van der Waals surface area contributed by atoms with E-state index in [1.54, 1.807) is 47.4 Å². The molecular formula is C24H21N5O2. The minimum Gasteiger partial charge on any atom is -0.346 e. The van der Waals surface area contributed by atoms with E-state index in [0.29, 0.717) is 16.8 Å². The molecule has 0 aliphatic heterocycles. The van der Waals surface area contributed by atoms with Crippen molar-refractivity contribution in [1.82, 2.24) is 20.1 Å². The van der Waals surface area contributed by atoms with E-state index in [1.165, 1.54) is 6.33 Å². The zero-order valence-electron chi connectivity index (χ0n) is 16.9. The highest BCUT2D eigenvalue weighted by Crippen LogP contribution is 2.17. The summed E-state index contributed by atoms with van der Waals surface area (Å²) in [6, 6.07) is 23.4. The fourth-order valence-corrected chi connectivity index (χ4v) is 3.12. The largest absolute Gasteiger partial charge is 0.346 e. The summed E-state index contributed by atoms with van der Waals surface area (Å²) < 4.78 is 1.67. The van der Waals surface area contributed by atoms with Crippen LogP contribution in [0.1, 0.15) is 39.2 Å². The van der Waals surface area contributed by atoms with Crippen molar-refractivity contribution in [2.45, 2.75) is 13.0 Å². The van der Waals surface area contributed by atoms with Crippen LogP contribution in [0.2, 0.25) is 0 Å². The number of benzene rings is 3. The van der Waals surface area contributed by atoms with Crippen LogP contribution in [0.25, 0.3) is 5.69 Å². The Morgan fingerprint density at radius 1 is 0.839 bits per heavy atom. The Morgan fingerprint density at radius 3 is 2.16 bits per heavy atom. The van der Waals surface area contributed by atoms with Gasteiger partial charge in [-0.3, -0.25) is 9.59 Å². The molecule has 0 aliphatic rings. The Kier molecular flexibility index (Phi) is 5.84. The third-order valence-electron chi connectivity index (χ3n) is 4.86. The molecule has 1 atom stereocenters. The molecule has 1 heterocycles. The lowest BCUT2D eigenvalue weighted by molar-refractivity contribution is 0.0939. The third-order valence-corrected chi connectivity index (χ3v) is 4.86. The van der Waals surface area contributed by atoms with Gasteiger partial charge in [0.1, 0.15) is 12.7 Å². The van der Waals surface area contributed by atoms with Crippen molar-refractivity contribution in [2.75, 3.05) is 5.32 Å². The summed E-state index contributed by atoms with van der Waals surface area (Å²) in [6.07, 6.45) is 3.11. The van der Waals surface area contributed by atoms with Gasteiger partial charge in [-0.2, -0.15) is 5.10 Å². The van der Waals surface area contributed by atoms with Gasteiger partial charge in [0, 0.05) is 16.8 Å². The van der Waals surface area contributed by atoms with Gasteiger partial charge in [0.25, 0.3) is 11.8 Å². The predicted octanol–water partition coefficient (Wildman–Crippen LogP) is 4.01. The Morgan fingerprint density at radius 2 is 1.52 bits per heavy atom. The first-order chi connectivity index (χ1) is 15.1. The average molecular weight is 411 g/mol. The molecule has 4 aromatic rings. The molecule has 2 N–H and O–H groups in total. The number of aromatic nitrogens is 3. The molecule has 0 saturated heterocycles. The summed E-state index contributed by atoms with van der Waals surface area (Å²) in [7, 11) is 0. The SMILES string of the molecule is CC(NC(=O)c1ccc(NC(=O)c2ccccc2)cc1)c1ccc(-n2cncn2)cc1. The van der Waals surface area contributed by atoms with Gasteiger partial charge in [0.2, 0.25) is 0 Å². The third kappa shape index (κ3) is 4.84. The Labute approximate surface area is 179 Å². The Bertz CT molecular complexity index is 1160. The number of amides is 2. The number of hydrogen-bond donors (Lipinski definition) is 2. The highest BCUT2D eigenvalue weighted by molar-refractivity contribution is 6.04. The summed E-state index contributed by atoms with van der Waals surface area (Å²) in [6.45, 7) is 1.93. The molecule has 31 heavy (non-hydrogen) atoms. The van der Waals surface area contributed by atoms with Gasteiger partial charge in [-0.25, -0.2) is 9.67 Å². The van der Waals surface area contributed by atoms with Crippen molar-refractivity contribution in [3.05, 3.63) is 108 Å². The second-order valence-corrected chi connectivity index (χ2v) is 7.02. The van der Waals surface area contributed by atoms with Crippen LogP contribution in [0.5, 0.6) is 0 Å². The summed E-state index contributed by atoms with van der Waals surface area (Å²) in [4.78, 5) is 28.8. The van der Waals surface area contributed by atoms with Crippen molar-refractivity contribution in [3.8, 4) is 5.69 Å². The maximum atomic E-state index is 12.6. The van der Waals surface area contributed by atoms with Crippen LogP contribution < -0.4 is 10.6 Å². The second kappa shape index (κ2) is 9.04. The quantitative estimate of drug-likeness (QED) is 0.502. The molecular weight excluding hydrogens is 390 g/mol. The fraction of sp³-hybridized carbons (Fsp3) is 0.0833. The first-order valence-corrected chi connectivity index (χ1v) is 9.82. The van der Waals surface area contributed by atoms with Gasteiger partial charge in [-0.1, -0.05) is 30.3 Å². The van der Waals surface area contributed by atoms with Gasteiger partial charge in [0.15, 0.2) is 0 Å². The minimum atomic E-state index is -0.194. The summed E-state index contributed by atoms with van der Waals surface area (Å²) >= 11 is 0. The van der Waals surface area contributed by atoms with Crippen LogP contribution in [0.15, 0.2) is 91.5 Å². The summed E-state index contributed by atoms with van der Waals surface area (Å²) in [5, 5.41) is 9.92. The number of rotatable bonds is 6. The van der Waals surface area contributed by atoms with Gasteiger partial charge in [-0.15, -0.1) is 0 Å². The van der Waals surface area contributed by atoms with Crippen LogP contribution in [0.3, 0.4) is 0 Å². The van der Waals surface area contributed by atoms with Crippen LogP contribution >= 0.6 is 0 Å². The second-order valence-electron chi connectivity index (χ2n) is 7.02. The molecule has 0 radical (unpaired) electrons. The number of hydrogen-bond acceptors (Lipinski definition) is 4. The monoisotopic (exact) mass is 411 g/mol. The maximum absolute atomic E-state index is 12.6. The Hall–Kier alpha value is -4.26. The van der Waals surface area contributed by atoms with E-state index in [0.717, 1.165) is 11.3 Å². The average Bonchev–Trinajstić information content (AvgIpc) is 3.35. The lowest BCUT2D eigenvalue weighted by atomic mass is 10.1. The smallest absolute Gasteiger partial charge is 0.255 e. The van der Waals surface area contributed by atoms with Gasteiger partial charge in [-0.05, 0) is 61.0 Å². The lowest BCUT2D eigenvalue weighted by Crippen LogP contribution is -2.26. The van der Waals surface area contributed by atoms with Crippen molar-refractivity contribution in [3.63, 3.8) is 0 Å². The molecule has 1 aromatic heterocycles. The molecule has 0 spiro atoms. The van der Waals surface area contributed by atoms with Crippen LogP contribution in [-0.2, 0) is 0 Å². The standard InChI is InChI=1S/C24H21N5O2/c1-17(18-9-13-22(14-10-18)29-16-25-15-26-29)27-23(30)20-7-11-21(12-8-20)28-24(31)19-5-3-2-4-6-19/h2-17H,1H3,(H,27,30)(H,28,31). The van der Waals surface area contributed by atoms with E-state index in [-0.39, 0.29) is 17.9 Å². The predicted molar refractivity (Wildman–Crippen MR) is 118 cm³/mol. The first kappa shape index (κ1) is 20.0. The minimum absolute atomic E-state index is 0.172. The van der Waals surface area contributed by atoms with Crippen molar-refractivity contribution < 1.29 is 9.59 Å². The van der Waals surface area contributed by atoms with E-state index in [1.807, 2.05) is 49.4 Å². The molecule has 0 saturated carbocycles. The topological polar surface area (TPSA) is 88.9 Å². The highest BCUT2D eigenvalue weighted by atomic mass is 16.2. The number of carbonyl (C=O) groups is 2. The Balaban J connectivity index is 1.36. The van der Waals surface area contributed by atoms with Crippen LogP contribution in [-0.4, -0.2) is 26.6 Å². The normalized spacial score (nSPS) is 11.5. The number of anilines is 1. The van der Waals surface area contributed by atoms with Gasteiger partial charge >= 0.3 is 0 Å². The van der Waals surface area contributed by atoms with E-state index in [9.17, 15) is 9.59 Å². The molecule has 1 unspecified atom stereocenters. The molecule has 0 aliphatic carbocycles.